The van der Waals surface area contributed by atoms with Crippen molar-refractivity contribution >= 4 is 27.5 Å². The van der Waals surface area contributed by atoms with E-state index in [1.54, 1.807) is 36.4 Å². The summed E-state index contributed by atoms with van der Waals surface area (Å²) in [6, 6.07) is 29.5. The number of benzene rings is 4. The molecule has 0 aliphatic carbocycles. The van der Waals surface area contributed by atoms with Gasteiger partial charge in [-0.25, -0.2) is 8.42 Å². The van der Waals surface area contributed by atoms with E-state index < -0.39 is 34.1 Å². The summed E-state index contributed by atoms with van der Waals surface area (Å²) in [5.41, 5.74) is 3.24. The summed E-state index contributed by atoms with van der Waals surface area (Å²) in [7, 11) is -4.25. The number of carbonyl (C=O) groups excluding carboxylic acids is 2. The molecule has 1 atom stereocenters. The van der Waals surface area contributed by atoms with Crippen molar-refractivity contribution in [2.24, 2.45) is 0 Å². The summed E-state index contributed by atoms with van der Waals surface area (Å²) in [5.74, 6) is -0.526. The van der Waals surface area contributed by atoms with Gasteiger partial charge in [0.05, 0.1) is 17.2 Å². The second kappa shape index (κ2) is 15.3. The van der Waals surface area contributed by atoms with E-state index >= 15 is 0 Å². The summed E-state index contributed by atoms with van der Waals surface area (Å²) in [6.07, 6.45) is 0.237. The van der Waals surface area contributed by atoms with Crippen LogP contribution in [0, 0.1) is 13.8 Å². The van der Waals surface area contributed by atoms with E-state index in [1.165, 1.54) is 17.0 Å². The van der Waals surface area contributed by atoms with E-state index in [2.05, 4.69) is 5.32 Å². The van der Waals surface area contributed by atoms with Crippen molar-refractivity contribution in [1.29, 1.82) is 0 Å². The summed E-state index contributed by atoms with van der Waals surface area (Å²) >= 11 is 0. The van der Waals surface area contributed by atoms with E-state index in [1.807, 2.05) is 96.1 Å². The van der Waals surface area contributed by atoms with Crippen LogP contribution in [-0.4, -0.2) is 49.9 Å². The van der Waals surface area contributed by atoms with Gasteiger partial charge < -0.3 is 15.0 Å². The van der Waals surface area contributed by atoms with Crippen molar-refractivity contribution in [3.8, 4) is 5.75 Å². The number of anilines is 1. The van der Waals surface area contributed by atoms with Gasteiger partial charge in [0.15, 0.2) is 0 Å². The Kier molecular flexibility index (Phi) is 11.5. The average Bonchev–Trinajstić information content (AvgIpc) is 3.02. The van der Waals surface area contributed by atoms with Gasteiger partial charge in [0.25, 0.3) is 10.0 Å². The average molecular weight is 656 g/mol. The van der Waals surface area contributed by atoms with Gasteiger partial charge in [-0.1, -0.05) is 84.4 Å². The maximum atomic E-state index is 14.7. The van der Waals surface area contributed by atoms with E-state index in [-0.39, 0.29) is 29.5 Å². The smallest absolute Gasteiger partial charge is 0.264 e. The molecule has 4 rings (SSSR count). The predicted octanol–water partition coefficient (Wildman–Crippen LogP) is 6.45. The van der Waals surface area contributed by atoms with Crippen LogP contribution in [0.25, 0.3) is 0 Å². The van der Waals surface area contributed by atoms with Crippen LogP contribution in [0.4, 0.5) is 5.69 Å². The lowest BCUT2D eigenvalue weighted by Crippen LogP contribution is -2.56. The molecule has 0 spiro atoms. The zero-order chi connectivity index (χ0) is 34.2. The maximum absolute atomic E-state index is 14.7. The minimum absolute atomic E-state index is 0.0407. The van der Waals surface area contributed by atoms with Gasteiger partial charge in [0.2, 0.25) is 11.8 Å². The minimum atomic E-state index is -4.25. The molecule has 9 heteroatoms. The summed E-state index contributed by atoms with van der Waals surface area (Å²) in [6.45, 7) is 11.1. The quantitative estimate of drug-likeness (QED) is 0.179. The molecule has 0 bridgehead atoms. The van der Waals surface area contributed by atoms with Gasteiger partial charge in [0, 0.05) is 18.5 Å². The normalized spacial score (nSPS) is 12.2. The Morgan fingerprint density at radius 3 is 2.09 bits per heavy atom. The van der Waals surface area contributed by atoms with Crippen LogP contribution in [0.15, 0.2) is 108 Å². The molecule has 4 aromatic rings. The second-order valence-corrected chi connectivity index (χ2v) is 14.5. The van der Waals surface area contributed by atoms with Crippen molar-refractivity contribution in [2.75, 3.05) is 17.5 Å². The standard InChI is InChI=1S/C38H45N3O5S/c1-7-46-35-20-14-13-19-33(35)41(47(44,45)32-23-21-28(2)22-24-32)27-36(42)40(26-31-18-12-11-15-29(31)3)34(37(43)39-38(4,5)6)25-30-16-9-8-10-17-30/h8-24,34H,7,25-27H2,1-6H3,(H,39,43)/t34-/m1/s1. The first-order valence-electron chi connectivity index (χ1n) is 15.8. The monoisotopic (exact) mass is 655 g/mol. The number of para-hydroxylation sites is 2. The highest BCUT2D eigenvalue weighted by molar-refractivity contribution is 7.92. The fourth-order valence-electron chi connectivity index (χ4n) is 5.27. The first kappa shape index (κ1) is 35.2. The summed E-state index contributed by atoms with van der Waals surface area (Å²) in [5, 5.41) is 3.06. The number of ether oxygens (including phenoxy) is 1. The molecule has 0 saturated heterocycles. The Labute approximate surface area is 279 Å². The fraction of sp³-hybridized carbons (Fsp3) is 0.316. The van der Waals surface area contributed by atoms with E-state index in [9.17, 15) is 18.0 Å². The lowest BCUT2D eigenvalue weighted by atomic mass is 10.00. The fourth-order valence-corrected chi connectivity index (χ4v) is 6.69. The van der Waals surface area contributed by atoms with Crippen LogP contribution in [0.3, 0.4) is 0 Å². The molecule has 248 valence electrons. The molecule has 0 saturated carbocycles. The van der Waals surface area contributed by atoms with Crippen molar-refractivity contribution < 1.29 is 22.7 Å². The van der Waals surface area contributed by atoms with Crippen LogP contribution < -0.4 is 14.4 Å². The second-order valence-electron chi connectivity index (χ2n) is 12.6. The number of amides is 2. The number of nitrogens with one attached hydrogen (secondary N) is 1. The van der Waals surface area contributed by atoms with Gasteiger partial charge in [-0.15, -0.1) is 0 Å². The SMILES string of the molecule is CCOc1ccccc1N(CC(=O)N(Cc1ccccc1C)[C@H](Cc1ccccc1)C(=O)NC(C)(C)C)S(=O)(=O)c1ccc(C)cc1. The number of hydrogen-bond acceptors (Lipinski definition) is 5. The molecule has 4 aromatic carbocycles. The number of carbonyl (C=O) groups is 2. The van der Waals surface area contributed by atoms with Crippen LogP contribution in [0.5, 0.6) is 5.75 Å². The maximum Gasteiger partial charge on any atom is 0.264 e. The van der Waals surface area contributed by atoms with Crippen molar-refractivity contribution in [3.63, 3.8) is 0 Å². The zero-order valence-electron chi connectivity index (χ0n) is 28.1. The van der Waals surface area contributed by atoms with E-state index in [4.69, 9.17) is 4.74 Å². The number of sulfonamides is 1. The van der Waals surface area contributed by atoms with Gasteiger partial charge in [-0.2, -0.15) is 0 Å². The predicted molar refractivity (Wildman–Crippen MR) is 187 cm³/mol. The summed E-state index contributed by atoms with van der Waals surface area (Å²) in [4.78, 5) is 30.4. The topological polar surface area (TPSA) is 96.0 Å². The number of hydrogen-bond donors (Lipinski definition) is 1. The zero-order valence-corrected chi connectivity index (χ0v) is 28.9. The lowest BCUT2D eigenvalue weighted by molar-refractivity contribution is -0.140. The van der Waals surface area contributed by atoms with Crippen LogP contribution in [-0.2, 0) is 32.6 Å². The Balaban J connectivity index is 1.86. The number of rotatable bonds is 13. The number of aryl methyl sites for hydroxylation is 2. The molecule has 47 heavy (non-hydrogen) atoms. The van der Waals surface area contributed by atoms with Gasteiger partial charge >= 0.3 is 0 Å². The molecule has 2 amide bonds. The molecule has 1 N–H and O–H groups in total. The Hall–Kier alpha value is -4.63. The third-order valence-corrected chi connectivity index (χ3v) is 9.47. The molecule has 8 nitrogen and oxygen atoms in total. The van der Waals surface area contributed by atoms with Gasteiger partial charge in [-0.05, 0) is 82.5 Å². The minimum Gasteiger partial charge on any atom is -0.492 e. The van der Waals surface area contributed by atoms with Crippen molar-refractivity contribution in [3.05, 3.63) is 125 Å². The lowest BCUT2D eigenvalue weighted by Gasteiger charge is -2.35. The highest BCUT2D eigenvalue weighted by atomic mass is 32.2. The molecular formula is C38H45N3O5S. The molecule has 0 heterocycles. The van der Waals surface area contributed by atoms with E-state index in [0.717, 1.165) is 26.6 Å². The number of nitrogens with zero attached hydrogens (tertiary/aromatic N) is 2. The molecular weight excluding hydrogens is 611 g/mol. The van der Waals surface area contributed by atoms with Crippen molar-refractivity contribution in [2.45, 2.75) is 71.0 Å². The molecule has 0 unspecified atom stereocenters. The Morgan fingerprint density at radius 2 is 1.45 bits per heavy atom. The Morgan fingerprint density at radius 1 is 0.830 bits per heavy atom. The first-order chi connectivity index (χ1) is 22.3. The molecule has 0 aliphatic rings. The third kappa shape index (κ3) is 9.23. The first-order valence-corrected chi connectivity index (χ1v) is 17.3. The highest BCUT2D eigenvalue weighted by Crippen LogP contribution is 2.33. The van der Waals surface area contributed by atoms with Gasteiger partial charge in [0.1, 0.15) is 18.3 Å². The molecule has 0 radical (unpaired) electrons. The van der Waals surface area contributed by atoms with Crippen molar-refractivity contribution in [1.82, 2.24) is 10.2 Å². The van der Waals surface area contributed by atoms with E-state index in [0.29, 0.717) is 12.4 Å². The van der Waals surface area contributed by atoms with Crippen LogP contribution in [0.2, 0.25) is 0 Å². The molecule has 0 aliphatic heterocycles. The van der Waals surface area contributed by atoms with Gasteiger partial charge in [-0.3, -0.25) is 13.9 Å². The largest absolute Gasteiger partial charge is 0.492 e. The highest BCUT2D eigenvalue weighted by Gasteiger charge is 2.36. The molecule has 0 fully saturated rings. The molecule has 0 aromatic heterocycles. The Bertz CT molecular complexity index is 1770. The van der Waals surface area contributed by atoms with Crippen LogP contribution in [0.1, 0.15) is 49.9 Å². The van der Waals surface area contributed by atoms with Crippen LogP contribution >= 0.6 is 0 Å². The third-order valence-electron chi connectivity index (χ3n) is 7.69. The summed E-state index contributed by atoms with van der Waals surface area (Å²) < 4.78 is 35.7.